The fraction of sp³-hybridized carbons (Fsp3) is 0.200. The zero-order valence-electron chi connectivity index (χ0n) is 10.6. The maximum absolute atomic E-state index is 12.0. The van der Waals surface area contributed by atoms with Crippen molar-refractivity contribution in [1.82, 2.24) is 4.98 Å². The number of halogens is 1. The van der Waals surface area contributed by atoms with E-state index in [0.717, 1.165) is 11.1 Å². The number of carbonyl (C=O) groups is 1. The van der Waals surface area contributed by atoms with Crippen LogP contribution in [0.3, 0.4) is 0 Å². The molecule has 19 heavy (non-hydrogen) atoms. The number of ether oxygens (including phenoxy) is 1. The van der Waals surface area contributed by atoms with Gasteiger partial charge in [-0.05, 0) is 45.9 Å². The van der Waals surface area contributed by atoms with Crippen molar-refractivity contribution in [3.8, 4) is 5.88 Å². The van der Waals surface area contributed by atoms with Gasteiger partial charge in [-0.2, -0.15) is 0 Å². The first-order valence-electron chi connectivity index (χ1n) is 5.92. The molecule has 0 aliphatic rings. The zero-order chi connectivity index (χ0) is 13.7. The second-order valence-electron chi connectivity index (χ2n) is 4.23. The van der Waals surface area contributed by atoms with E-state index in [4.69, 9.17) is 4.74 Å². The van der Waals surface area contributed by atoms with Crippen molar-refractivity contribution in [2.24, 2.45) is 0 Å². The Morgan fingerprint density at radius 1 is 1.11 bits per heavy atom. The third-order valence-corrected chi connectivity index (χ3v) is 3.44. The monoisotopic (exact) mass is 367 g/mol. The molecule has 0 atom stereocenters. The Balaban J connectivity index is 1.95. The molecule has 1 aromatic heterocycles. The molecule has 2 aromatic rings. The minimum atomic E-state index is 0.188. The van der Waals surface area contributed by atoms with Gasteiger partial charge in [-0.1, -0.05) is 18.2 Å². The average molecular weight is 367 g/mol. The van der Waals surface area contributed by atoms with E-state index in [1.807, 2.05) is 30.3 Å². The Morgan fingerprint density at radius 3 is 2.32 bits per heavy atom. The number of pyridine rings is 1. The lowest BCUT2D eigenvalue weighted by atomic mass is 10.0. The highest BCUT2D eigenvalue weighted by Gasteiger charge is 2.06. The third kappa shape index (κ3) is 4.31. The summed E-state index contributed by atoms with van der Waals surface area (Å²) >= 11 is 2.25. The van der Waals surface area contributed by atoms with Crippen LogP contribution in [0.15, 0.2) is 42.6 Å². The molecule has 0 unspecified atom stereocenters. The van der Waals surface area contributed by atoms with E-state index in [0.29, 0.717) is 18.7 Å². The van der Waals surface area contributed by atoms with Crippen LogP contribution in [-0.2, 0) is 17.6 Å². The van der Waals surface area contributed by atoms with Gasteiger partial charge >= 0.3 is 0 Å². The summed E-state index contributed by atoms with van der Waals surface area (Å²) in [5, 5.41) is 0. The second kappa shape index (κ2) is 6.65. The van der Waals surface area contributed by atoms with E-state index < -0.39 is 0 Å². The highest BCUT2D eigenvalue weighted by atomic mass is 127. The molecule has 0 aliphatic carbocycles. The molecule has 0 radical (unpaired) electrons. The number of rotatable bonds is 5. The fourth-order valence-electron chi connectivity index (χ4n) is 1.76. The van der Waals surface area contributed by atoms with Crippen molar-refractivity contribution in [2.75, 3.05) is 7.11 Å². The van der Waals surface area contributed by atoms with Crippen LogP contribution >= 0.6 is 22.6 Å². The van der Waals surface area contributed by atoms with Crippen LogP contribution in [-0.4, -0.2) is 17.9 Å². The van der Waals surface area contributed by atoms with Gasteiger partial charge in [-0.15, -0.1) is 0 Å². The van der Waals surface area contributed by atoms with Gasteiger partial charge in [0, 0.05) is 28.7 Å². The van der Waals surface area contributed by atoms with Gasteiger partial charge in [0.05, 0.1) is 7.11 Å². The van der Waals surface area contributed by atoms with Crippen molar-refractivity contribution in [1.29, 1.82) is 0 Å². The van der Waals surface area contributed by atoms with E-state index in [9.17, 15) is 4.79 Å². The van der Waals surface area contributed by atoms with E-state index in [1.165, 1.54) is 3.57 Å². The standard InChI is InChI=1S/C15H14INO2/c1-19-15-7-4-12(10-17-15)9-14(18)8-11-2-5-13(16)6-3-11/h2-7,10H,8-9H2,1H3. The van der Waals surface area contributed by atoms with Crippen LogP contribution in [0.25, 0.3) is 0 Å². The molecule has 2 rings (SSSR count). The van der Waals surface area contributed by atoms with E-state index in [1.54, 1.807) is 19.4 Å². The molecule has 1 aromatic carbocycles. The van der Waals surface area contributed by atoms with Gasteiger partial charge in [-0.25, -0.2) is 4.98 Å². The van der Waals surface area contributed by atoms with Gasteiger partial charge in [-0.3, -0.25) is 4.79 Å². The Kier molecular flexibility index (Phi) is 4.90. The first kappa shape index (κ1) is 14.0. The van der Waals surface area contributed by atoms with Crippen molar-refractivity contribution in [3.05, 3.63) is 57.3 Å². The molecule has 0 bridgehead atoms. The van der Waals surface area contributed by atoms with Crippen LogP contribution in [0.4, 0.5) is 0 Å². The summed E-state index contributed by atoms with van der Waals surface area (Å²) in [4.78, 5) is 16.1. The average Bonchev–Trinajstić information content (AvgIpc) is 2.42. The molecule has 0 aliphatic heterocycles. The van der Waals surface area contributed by atoms with Crippen LogP contribution in [0.2, 0.25) is 0 Å². The number of Topliss-reactive ketones (excluding diaryl/α,β-unsaturated/α-hetero) is 1. The van der Waals surface area contributed by atoms with E-state index in [2.05, 4.69) is 27.6 Å². The number of methoxy groups -OCH3 is 1. The van der Waals surface area contributed by atoms with Gasteiger partial charge in [0.25, 0.3) is 0 Å². The fourth-order valence-corrected chi connectivity index (χ4v) is 2.12. The van der Waals surface area contributed by atoms with Crippen LogP contribution < -0.4 is 4.74 Å². The topological polar surface area (TPSA) is 39.2 Å². The van der Waals surface area contributed by atoms with Crippen molar-refractivity contribution in [2.45, 2.75) is 12.8 Å². The predicted molar refractivity (Wildman–Crippen MR) is 82.4 cm³/mol. The molecule has 98 valence electrons. The van der Waals surface area contributed by atoms with Crippen molar-refractivity contribution >= 4 is 28.4 Å². The minimum absolute atomic E-state index is 0.188. The van der Waals surface area contributed by atoms with E-state index >= 15 is 0 Å². The summed E-state index contributed by atoms with van der Waals surface area (Å²) in [5.74, 6) is 0.752. The van der Waals surface area contributed by atoms with E-state index in [-0.39, 0.29) is 5.78 Å². The number of nitrogens with zero attached hydrogens (tertiary/aromatic N) is 1. The zero-order valence-corrected chi connectivity index (χ0v) is 12.8. The number of ketones is 1. The van der Waals surface area contributed by atoms with Gasteiger partial charge in [0.1, 0.15) is 5.78 Å². The predicted octanol–water partition coefficient (Wildman–Crippen LogP) is 3.05. The molecule has 0 amide bonds. The molecule has 0 fully saturated rings. The van der Waals surface area contributed by atoms with Crippen LogP contribution in [0.5, 0.6) is 5.88 Å². The molecule has 0 saturated carbocycles. The normalized spacial score (nSPS) is 10.2. The molecular formula is C15H14INO2. The Hall–Kier alpha value is -1.43. The molecule has 0 spiro atoms. The third-order valence-electron chi connectivity index (χ3n) is 2.72. The molecule has 1 heterocycles. The van der Waals surface area contributed by atoms with Crippen molar-refractivity contribution < 1.29 is 9.53 Å². The Bertz CT molecular complexity index is 549. The summed E-state index contributed by atoms with van der Waals surface area (Å²) in [5.41, 5.74) is 1.96. The SMILES string of the molecule is COc1ccc(CC(=O)Cc2ccc(I)cc2)cn1. The highest BCUT2D eigenvalue weighted by molar-refractivity contribution is 14.1. The summed E-state index contributed by atoms with van der Waals surface area (Å²) in [6, 6.07) is 11.7. The molecule has 0 saturated heterocycles. The van der Waals surface area contributed by atoms with Crippen molar-refractivity contribution in [3.63, 3.8) is 0 Å². The van der Waals surface area contributed by atoms with Gasteiger partial charge in [0.15, 0.2) is 0 Å². The number of aromatic nitrogens is 1. The molecule has 0 N–H and O–H groups in total. The van der Waals surface area contributed by atoms with Gasteiger partial charge < -0.3 is 4.74 Å². The number of carbonyl (C=O) groups excluding carboxylic acids is 1. The summed E-state index contributed by atoms with van der Waals surface area (Å²) in [6.45, 7) is 0. The highest BCUT2D eigenvalue weighted by Crippen LogP contribution is 2.11. The maximum atomic E-state index is 12.0. The largest absolute Gasteiger partial charge is 0.481 e. The van der Waals surface area contributed by atoms with Gasteiger partial charge in [0.2, 0.25) is 5.88 Å². The lowest BCUT2D eigenvalue weighted by Gasteiger charge is -2.03. The molecule has 3 nitrogen and oxygen atoms in total. The molecular weight excluding hydrogens is 353 g/mol. The van der Waals surface area contributed by atoms with Crippen LogP contribution in [0.1, 0.15) is 11.1 Å². The summed E-state index contributed by atoms with van der Waals surface area (Å²) in [7, 11) is 1.57. The first-order chi connectivity index (χ1) is 9.17. The summed E-state index contributed by atoms with van der Waals surface area (Å²) < 4.78 is 6.16. The minimum Gasteiger partial charge on any atom is -0.481 e. The lowest BCUT2D eigenvalue weighted by molar-refractivity contribution is -0.117. The molecule has 4 heteroatoms. The Morgan fingerprint density at radius 2 is 1.74 bits per heavy atom. The second-order valence-corrected chi connectivity index (χ2v) is 5.47. The lowest BCUT2D eigenvalue weighted by Crippen LogP contribution is -2.06. The maximum Gasteiger partial charge on any atom is 0.212 e. The number of hydrogen-bond donors (Lipinski definition) is 0. The number of benzene rings is 1. The number of hydrogen-bond acceptors (Lipinski definition) is 3. The van der Waals surface area contributed by atoms with Crippen LogP contribution in [0, 0.1) is 3.57 Å². The quantitative estimate of drug-likeness (QED) is 0.763. The summed E-state index contributed by atoms with van der Waals surface area (Å²) in [6.07, 6.45) is 2.55. The smallest absolute Gasteiger partial charge is 0.212 e. The first-order valence-corrected chi connectivity index (χ1v) is 7.00. The Labute approximate surface area is 126 Å².